The molecular formula is C20H25ClN2O4. The number of nitrogens with zero attached hydrogens (tertiary/aromatic N) is 2. The molecule has 3 aliphatic heterocycles. The highest BCUT2D eigenvalue weighted by Gasteiger charge is 2.31. The van der Waals surface area contributed by atoms with Gasteiger partial charge in [0.1, 0.15) is 0 Å². The third-order valence-corrected chi connectivity index (χ3v) is 5.31. The van der Waals surface area contributed by atoms with E-state index in [0.717, 1.165) is 39.4 Å². The van der Waals surface area contributed by atoms with Gasteiger partial charge in [-0.15, -0.1) is 12.4 Å². The number of allylic oxidation sites excluding steroid dienone is 2. The molecule has 3 heterocycles. The summed E-state index contributed by atoms with van der Waals surface area (Å²) in [6.45, 7) is 10.1. The van der Waals surface area contributed by atoms with E-state index in [9.17, 15) is 9.59 Å². The summed E-state index contributed by atoms with van der Waals surface area (Å²) in [5.41, 5.74) is 7.26. The average molecular weight is 393 g/mol. The third-order valence-electron chi connectivity index (χ3n) is 5.31. The highest BCUT2D eigenvalue weighted by Crippen LogP contribution is 2.44. The summed E-state index contributed by atoms with van der Waals surface area (Å²) < 4.78 is 7.34. The number of carboxylic acid groups (broad SMARTS) is 1. The van der Waals surface area contributed by atoms with Gasteiger partial charge in [0.2, 0.25) is 0 Å². The second kappa shape index (κ2) is 7.72. The number of aliphatic carboxylic acids is 1. The van der Waals surface area contributed by atoms with E-state index in [1.54, 1.807) is 6.92 Å². The van der Waals surface area contributed by atoms with Crippen molar-refractivity contribution in [2.75, 3.05) is 6.61 Å². The number of ether oxygens (including phenoxy) is 1. The van der Waals surface area contributed by atoms with Crippen LogP contribution in [0.1, 0.15) is 67.1 Å². The van der Waals surface area contributed by atoms with E-state index in [1.807, 2.05) is 26.8 Å². The number of esters is 1. The van der Waals surface area contributed by atoms with E-state index in [0.29, 0.717) is 18.7 Å². The van der Waals surface area contributed by atoms with E-state index in [1.165, 1.54) is 0 Å². The summed E-state index contributed by atoms with van der Waals surface area (Å²) in [5.74, 6) is -1.18. The molecule has 0 bridgehead atoms. The number of fused-ring (bicyclic) bond motifs is 2. The number of halogens is 1. The van der Waals surface area contributed by atoms with Gasteiger partial charge >= 0.3 is 11.9 Å². The number of hydrogen-bond acceptors (Lipinski definition) is 4. The van der Waals surface area contributed by atoms with Gasteiger partial charge in [-0.2, -0.15) is 0 Å². The zero-order valence-corrected chi connectivity index (χ0v) is 17.1. The molecule has 0 saturated carbocycles. The van der Waals surface area contributed by atoms with Gasteiger partial charge in [-0.3, -0.25) is 4.79 Å². The molecule has 3 rings (SSSR count). The Morgan fingerprint density at radius 3 is 2.56 bits per heavy atom. The van der Waals surface area contributed by atoms with Crippen LogP contribution in [0.2, 0.25) is 0 Å². The Balaban J connectivity index is 0.00000261. The summed E-state index contributed by atoms with van der Waals surface area (Å²) in [6, 6.07) is 2.09. The van der Waals surface area contributed by atoms with Gasteiger partial charge in [0, 0.05) is 23.4 Å². The van der Waals surface area contributed by atoms with Crippen molar-refractivity contribution in [1.82, 2.24) is 9.55 Å². The van der Waals surface area contributed by atoms with Gasteiger partial charge in [-0.05, 0) is 63.8 Å². The van der Waals surface area contributed by atoms with E-state index in [-0.39, 0.29) is 24.9 Å². The molecule has 0 spiro atoms. The zero-order valence-electron chi connectivity index (χ0n) is 16.3. The molecule has 146 valence electrons. The number of aromatic nitrogens is 2. The van der Waals surface area contributed by atoms with Crippen molar-refractivity contribution in [3.8, 4) is 11.3 Å². The van der Waals surface area contributed by atoms with Crippen LogP contribution in [-0.4, -0.2) is 33.2 Å². The molecule has 1 unspecified atom stereocenters. The van der Waals surface area contributed by atoms with Crippen LogP contribution in [-0.2, 0) is 9.53 Å². The molecule has 0 fully saturated rings. The summed E-state index contributed by atoms with van der Waals surface area (Å²) in [6.07, 6.45) is 0.662. The molecule has 1 N–H and O–H groups in total. The molecule has 0 aromatic heterocycles. The van der Waals surface area contributed by atoms with E-state index >= 15 is 0 Å². The normalized spacial score (nSPS) is 15.7. The second-order valence-electron chi connectivity index (χ2n) is 6.77. The third kappa shape index (κ3) is 3.34. The van der Waals surface area contributed by atoms with Gasteiger partial charge in [0.25, 0.3) is 0 Å². The first-order valence-electron chi connectivity index (χ1n) is 8.88. The fourth-order valence-electron chi connectivity index (χ4n) is 4.09. The van der Waals surface area contributed by atoms with Gasteiger partial charge in [-0.1, -0.05) is 0 Å². The highest BCUT2D eigenvalue weighted by atomic mass is 35.5. The number of rotatable bonds is 5. The summed E-state index contributed by atoms with van der Waals surface area (Å²) >= 11 is 0. The lowest BCUT2D eigenvalue weighted by atomic mass is 10.00. The molecule has 27 heavy (non-hydrogen) atoms. The van der Waals surface area contributed by atoms with Crippen molar-refractivity contribution in [1.29, 1.82) is 0 Å². The van der Waals surface area contributed by atoms with E-state index < -0.39 is 11.9 Å². The Kier molecular flexibility index (Phi) is 6.00. The van der Waals surface area contributed by atoms with Crippen LogP contribution in [0.25, 0.3) is 16.8 Å². The maximum absolute atomic E-state index is 12.2. The number of carbonyl (C=O) groups excluding carboxylic acids is 1. The Morgan fingerprint density at radius 2 is 1.96 bits per heavy atom. The minimum Gasteiger partial charge on any atom is -0.481 e. The van der Waals surface area contributed by atoms with Crippen molar-refractivity contribution >= 4 is 29.9 Å². The van der Waals surface area contributed by atoms with Crippen molar-refractivity contribution in [3.05, 3.63) is 34.3 Å². The molecule has 0 aliphatic carbocycles. The van der Waals surface area contributed by atoms with Gasteiger partial charge < -0.3 is 14.4 Å². The SMILES string of the molecule is CCOC(=O)c1nc2cc3n(c(C)c-2c1C)C(C)C(CCC(=O)O)=C3C.Cl. The Labute approximate surface area is 165 Å². The van der Waals surface area contributed by atoms with Gasteiger partial charge in [-0.25, -0.2) is 9.78 Å². The van der Waals surface area contributed by atoms with Crippen LogP contribution < -0.4 is 0 Å². The minimum absolute atomic E-state index is 0. The maximum Gasteiger partial charge on any atom is 0.357 e. The number of carbonyl (C=O) groups is 2. The Bertz CT molecular complexity index is 913. The first-order chi connectivity index (χ1) is 12.3. The largest absolute Gasteiger partial charge is 0.481 e. The lowest BCUT2D eigenvalue weighted by Gasteiger charge is -2.20. The summed E-state index contributed by atoms with van der Waals surface area (Å²) in [7, 11) is 0. The Morgan fingerprint density at radius 1 is 1.30 bits per heavy atom. The predicted octanol–water partition coefficient (Wildman–Crippen LogP) is 4.42. The van der Waals surface area contributed by atoms with E-state index in [4.69, 9.17) is 9.84 Å². The highest BCUT2D eigenvalue weighted by molar-refractivity contribution is 5.94. The smallest absolute Gasteiger partial charge is 0.357 e. The van der Waals surface area contributed by atoms with Crippen LogP contribution in [0.3, 0.4) is 0 Å². The van der Waals surface area contributed by atoms with Crippen LogP contribution in [0.4, 0.5) is 0 Å². The minimum atomic E-state index is -0.787. The van der Waals surface area contributed by atoms with Crippen LogP contribution >= 0.6 is 12.4 Å². The maximum atomic E-state index is 12.2. The molecule has 7 heteroatoms. The number of pyridine rings is 1. The first-order valence-corrected chi connectivity index (χ1v) is 8.88. The molecule has 3 aliphatic rings. The molecular weight excluding hydrogens is 368 g/mol. The molecule has 0 radical (unpaired) electrons. The number of carboxylic acids is 1. The second-order valence-corrected chi connectivity index (χ2v) is 6.77. The monoisotopic (exact) mass is 392 g/mol. The fraction of sp³-hybridized carbons (Fsp3) is 0.450. The average Bonchev–Trinajstić information content (AvgIpc) is 3.02. The quantitative estimate of drug-likeness (QED) is 0.762. The van der Waals surface area contributed by atoms with Crippen molar-refractivity contribution < 1.29 is 19.4 Å². The lowest BCUT2D eigenvalue weighted by molar-refractivity contribution is -0.136. The lowest BCUT2D eigenvalue weighted by Crippen LogP contribution is -2.11. The van der Waals surface area contributed by atoms with Crippen LogP contribution in [0, 0.1) is 13.8 Å². The number of hydrogen-bond donors (Lipinski definition) is 1. The molecule has 0 amide bonds. The molecule has 1 atom stereocenters. The molecule has 0 saturated heterocycles. The Hall–Kier alpha value is -2.34. The van der Waals surface area contributed by atoms with Gasteiger partial charge in [0.15, 0.2) is 5.69 Å². The standard InChI is InChI=1S/C20H24N2O4.ClH/c1-6-26-20(25)19-11(3)18-13(5)22-12(4)14(7-8-17(23)24)10(2)16(22)9-15(18)21-19;/h9,12H,6-8H2,1-5H3,(H,23,24);1H. The van der Waals surface area contributed by atoms with Crippen molar-refractivity contribution in [2.24, 2.45) is 0 Å². The summed E-state index contributed by atoms with van der Waals surface area (Å²) in [4.78, 5) is 27.7. The van der Waals surface area contributed by atoms with E-state index in [2.05, 4.69) is 16.5 Å². The topological polar surface area (TPSA) is 81.4 Å². The summed E-state index contributed by atoms with van der Waals surface area (Å²) in [5, 5.41) is 9.02. The molecule has 0 aromatic carbocycles. The molecule has 0 aromatic rings. The fourth-order valence-corrected chi connectivity index (χ4v) is 4.09. The first kappa shape index (κ1) is 21.0. The molecule has 6 nitrogen and oxygen atoms in total. The van der Waals surface area contributed by atoms with Crippen molar-refractivity contribution in [3.63, 3.8) is 0 Å². The van der Waals surface area contributed by atoms with Gasteiger partial charge in [0.05, 0.1) is 18.3 Å². The zero-order chi connectivity index (χ0) is 19.2. The van der Waals surface area contributed by atoms with Crippen LogP contribution in [0.15, 0.2) is 11.6 Å². The van der Waals surface area contributed by atoms with Crippen molar-refractivity contribution in [2.45, 2.75) is 53.5 Å². The predicted molar refractivity (Wildman–Crippen MR) is 106 cm³/mol. The van der Waals surface area contributed by atoms with Crippen LogP contribution in [0.5, 0.6) is 0 Å².